The minimum absolute atomic E-state index is 0.245. The maximum Gasteiger partial charge on any atom is 0.151 e. The van der Waals surface area contributed by atoms with Crippen molar-refractivity contribution in [2.45, 2.75) is 31.1 Å². The lowest BCUT2D eigenvalue weighted by Crippen LogP contribution is -2.46. The summed E-state index contributed by atoms with van der Waals surface area (Å²) in [6, 6.07) is -0.245. The van der Waals surface area contributed by atoms with E-state index in [9.17, 15) is 8.42 Å². The fourth-order valence-corrected chi connectivity index (χ4v) is 2.49. The van der Waals surface area contributed by atoms with Crippen molar-refractivity contribution in [1.29, 1.82) is 0 Å². The highest BCUT2D eigenvalue weighted by molar-refractivity contribution is 7.91. The van der Waals surface area contributed by atoms with E-state index in [0.29, 0.717) is 6.42 Å². The zero-order valence-electron chi connectivity index (χ0n) is 10.4. The van der Waals surface area contributed by atoms with Gasteiger partial charge in [-0.1, -0.05) is 0 Å². The highest BCUT2D eigenvalue weighted by atomic mass is 32.2. The van der Waals surface area contributed by atoms with Gasteiger partial charge in [0.25, 0.3) is 0 Å². The van der Waals surface area contributed by atoms with Crippen molar-refractivity contribution in [2.75, 3.05) is 6.26 Å². The van der Waals surface area contributed by atoms with Gasteiger partial charge in [0.1, 0.15) is 0 Å². The summed E-state index contributed by atoms with van der Waals surface area (Å²) in [5.41, 5.74) is 3.66. The van der Waals surface area contributed by atoms with E-state index in [1.165, 1.54) is 6.26 Å². The van der Waals surface area contributed by atoms with Gasteiger partial charge in [-0.05, 0) is 25.3 Å². The van der Waals surface area contributed by atoms with Crippen molar-refractivity contribution >= 4 is 9.84 Å². The molecule has 6 nitrogen and oxygen atoms in total. The molecule has 1 aromatic rings. The summed E-state index contributed by atoms with van der Waals surface area (Å²) in [5.74, 6) is 5.40. The summed E-state index contributed by atoms with van der Waals surface area (Å²) >= 11 is 0. The van der Waals surface area contributed by atoms with E-state index in [1.807, 2.05) is 13.2 Å². The second-order valence-corrected chi connectivity index (χ2v) is 6.77. The SMILES string of the molecule is CC(C(CCc1cnn(C)c1)NN)S(C)(=O)=O. The van der Waals surface area contributed by atoms with Gasteiger partial charge in [0, 0.05) is 25.5 Å². The van der Waals surface area contributed by atoms with Crippen molar-refractivity contribution in [3.63, 3.8) is 0 Å². The van der Waals surface area contributed by atoms with Crippen molar-refractivity contribution in [3.8, 4) is 0 Å². The first-order valence-corrected chi connectivity index (χ1v) is 7.42. The maximum absolute atomic E-state index is 11.4. The summed E-state index contributed by atoms with van der Waals surface area (Å²) in [6.45, 7) is 1.67. The van der Waals surface area contributed by atoms with Crippen LogP contribution in [0.4, 0.5) is 0 Å². The molecule has 17 heavy (non-hydrogen) atoms. The number of nitrogens with two attached hydrogens (primary N) is 1. The van der Waals surface area contributed by atoms with E-state index >= 15 is 0 Å². The molecule has 1 aromatic heterocycles. The minimum Gasteiger partial charge on any atom is -0.276 e. The lowest BCUT2D eigenvalue weighted by Gasteiger charge is -2.21. The van der Waals surface area contributed by atoms with Crippen molar-refractivity contribution in [2.24, 2.45) is 12.9 Å². The van der Waals surface area contributed by atoms with Crippen LogP contribution in [0.25, 0.3) is 0 Å². The predicted octanol–water partition coefficient (Wildman–Crippen LogP) is -0.382. The molecule has 0 spiro atoms. The molecule has 0 saturated carbocycles. The molecule has 0 bridgehead atoms. The number of sulfone groups is 1. The Hall–Kier alpha value is -0.920. The zero-order chi connectivity index (χ0) is 13.1. The summed E-state index contributed by atoms with van der Waals surface area (Å²) in [7, 11) is -1.23. The van der Waals surface area contributed by atoms with Crippen molar-refractivity contribution < 1.29 is 8.42 Å². The van der Waals surface area contributed by atoms with Crippen LogP contribution in [0.2, 0.25) is 0 Å². The normalized spacial score (nSPS) is 15.8. The number of nitrogens with one attached hydrogen (secondary N) is 1. The minimum atomic E-state index is -3.08. The Bertz CT molecular complexity index is 455. The van der Waals surface area contributed by atoms with Crippen LogP contribution in [0.15, 0.2) is 12.4 Å². The topological polar surface area (TPSA) is 90.0 Å². The van der Waals surface area contributed by atoms with Gasteiger partial charge in [0.2, 0.25) is 0 Å². The quantitative estimate of drug-likeness (QED) is 0.537. The lowest BCUT2D eigenvalue weighted by atomic mass is 10.1. The average molecular weight is 260 g/mol. The van der Waals surface area contributed by atoms with Crippen molar-refractivity contribution in [1.82, 2.24) is 15.2 Å². The number of hydrogen-bond acceptors (Lipinski definition) is 5. The maximum atomic E-state index is 11.4. The molecule has 2 unspecified atom stereocenters. The number of nitrogens with zero attached hydrogens (tertiary/aromatic N) is 2. The lowest BCUT2D eigenvalue weighted by molar-refractivity contribution is 0.470. The predicted molar refractivity (Wildman–Crippen MR) is 66.9 cm³/mol. The third-order valence-corrected chi connectivity index (χ3v) is 4.64. The molecule has 2 atom stereocenters. The molecule has 0 radical (unpaired) electrons. The molecule has 0 aliphatic carbocycles. The fraction of sp³-hybridized carbons (Fsp3) is 0.700. The standard InChI is InChI=1S/C10H20N4O2S/c1-8(17(3,15)16)10(13-11)5-4-9-6-12-14(2)7-9/h6-8,10,13H,4-5,11H2,1-3H3. The summed E-state index contributed by atoms with van der Waals surface area (Å²) in [6.07, 6.45) is 6.34. The molecule has 0 aliphatic heterocycles. The number of aryl methyl sites for hydroxylation is 2. The van der Waals surface area contributed by atoms with E-state index in [2.05, 4.69) is 10.5 Å². The largest absolute Gasteiger partial charge is 0.276 e. The van der Waals surface area contributed by atoms with Crippen LogP contribution in [0.3, 0.4) is 0 Å². The molecule has 3 N–H and O–H groups in total. The van der Waals surface area contributed by atoms with Crippen LogP contribution >= 0.6 is 0 Å². The van der Waals surface area contributed by atoms with Crippen LogP contribution in [0, 0.1) is 0 Å². The smallest absolute Gasteiger partial charge is 0.151 e. The van der Waals surface area contributed by atoms with Gasteiger partial charge in [-0.25, -0.2) is 8.42 Å². The van der Waals surface area contributed by atoms with Crippen LogP contribution in [0.1, 0.15) is 18.9 Å². The number of hydrogen-bond donors (Lipinski definition) is 2. The Kier molecular flexibility index (Phi) is 4.67. The fourth-order valence-electron chi connectivity index (χ4n) is 1.68. The van der Waals surface area contributed by atoms with Gasteiger partial charge in [0.05, 0.1) is 11.4 Å². The van der Waals surface area contributed by atoms with Gasteiger partial charge < -0.3 is 0 Å². The van der Waals surface area contributed by atoms with Crippen LogP contribution < -0.4 is 11.3 Å². The summed E-state index contributed by atoms with van der Waals surface area (Å²) in [4.78, 5) is 0. The molecule has 0 aromatic carbocycles. The Morgan fingerprint density at radius 3 is 2.65 bits per heavy atom. The molecule has 1 rings (SSSR count). The second-order valence-electron chi connectivity index (χ2n) is 4.37. The van der Waals surface area contributed by atoms with Gasteiger partial charge in [-0.2, -0.15) is 5.10 Å². The Labute approximate surface area is 102 Å². The van der Waals surface area contributed by atoms with E-state index < -0.39 is 15.1 Å². The molecule has 0 amide bonds. The third kappa shape index (κ3) is 4.10. The molecule has 0 saturated heterocycles. The molecular formula is C10H20N4O2S. The molecule has 1 heterocycles. The number of hydrazine groups is 1. The van der Waals surface area contributed by atoms with Crippen LogP contribution in [-0.2, 0) is 23.3 Å². The third-order valence-electron chi connectivity index (χ3n) is 2.96. The van der Waals surface area contributed by atoms with Crippen molar-refractivity contribution in [3.05, 3.63) is 18.0 Å². The molecule has 7 heteroatoms. The van der Waals surface area contributed by atoms with Gasteiger partial charge in [0.15, 0.2) is 9.84 Å². The van der Waals surface area contributed by atoms with E-state index in [0.717, 1.165) is 12.0 Å². The summed E-state index contributed by atoms with van der Waals surface area (Å²) in [5, 5.41) is 3.56. The first-order chi connectivity index (χ1) is 7.84. The molecule has 0 aliphatic rings. The summed E-state index contributed by atoms with van der Waals surface area (Å²) < 4.78 is 24.6. The van der Waals surface area contributed by atoms with Crippen LogP contribution in [-0.4, -0.2) is 35.7 Å². The average Bonchev–Trinajstić information content (AvgIpc) is 2.63. The number of rotatable bonds is 6. The first kappa shape index (κ1) is 14.1. The number of aromatic nitrogens is 2. The van der Waals surface area contributed by atoms with E-state index in [-0.39, 0.29) is 6.04 Å². The molecular weight excluding hydrogens is 240 g/mol. The van der Waals surface area contributed by atoms with E-state index in [1.54, 1.807) is 17.8 Å². The molecule has 0 fully saturated rings. The zero-order valence-corrected chi connectivity index (χ0v) is 11.2. The van der Waals surface area contributed by atoms with Crippen LogP contribution in [0.5, 0.6) is 0 Å². The second kappa shape index (κ2) is 5.61. The Morgan fingerprint density at radius 1 is 1.59 bits per heavy atom. The highest BCUT2D eigenvalue weighted by Gasteiger charge is 2.24. The van der Waals surface area contributed by atoms with Gasteiger partial charge >= 0.3 is 0 Å². The Morgan fingerprint density at radius 2 is 2.24 bits per heavy atom. The van der Waals surface area contributed by atoms with Gasteiger partial charge in [-0.15, -0.1) is 0 Å². The Balaban J connectivity index is 2.59. The van der Waals surface area contributed by atoms with Gasteiger partial charge in [-0.3, -0.25) is 16.0 Å². The molecule has 98 valence electrons. The monoisotopic (exact) mass is 260 g/mol. The first-order valence-electron chi connectivity index (χ1n) is 5.47. The highest BCUT2D eigenvalue weighted by Crippen LogP contribution is 2.11. The van der Waals surface area contributed by atoms with E-state index in [4.69, 9.17) is 5.84 Å².